The molecular weight excluding hydrogens is 303 g/mol. The van der Waals surface area contributed by atoms with Gasteiger partial charge in [0.15, 0.2) is 0 Å². The second-order valence-corrected chi connectivity index (χ2v) is 4.57. The molecule has 0 saturated carbocycles. The molecule has 4 nitrogen and oxygen atoms in total. The fourth-order valence-corrected chi connectivity index (χ4v) is 1.81. The van der Waals surface area contributed by atoms with Gasteiger partial charge in [0.05, 0.1) is 16.6 Å². The zero-order valence-electron chi connectivity index (χ0n) is 9.54. The third-order valence-electron chi connectivity index (χ3n) is 2.30. The van der Waals surface area contributed by atoms with E-state index in [1.165, 1.54) is 12.1 Å². The minimum atomic E-state index is -0.577. The van der Waals surface area contributed by atoms with Crippen LogP contribution in [0.4, 0.5) is 4.39 Å². The largest absolute Gasteiger partial charge is 0.361 e. The van der Waals surface area contributed by atoms with Gasteiger partial charge >= 0.3 is 0 Å². The Balaban J connectivity index is 2.06. The Labute approximate surface area is 111 Å². The lowest BCUT2D eigenvalue weighted by molar-refractivity contribution is 0.0946. The number of aryl methyl sites for hydroxylation is 1. The monoisotopic (exact) mass is 312 g/mol. The van der Waals surface area contributed by atoms with Gasteiger partial charge < -0.3 is 9.84 Å². The fraction of sp³-hybridized carbons (Fsp3) is 0.167. The molecular formula is C12H10BrFN2O2. The van der Waals surface area contributed by atoms with Gasteiger partial charge in [-0.15, -0.1) is 0 Å². The van der Waals surface area contributed by atoms with Gasteiger partial charge in [0, 0.05) is 6.07 Å². The van der Waals surface area contributed by atoms with Crippen molar-refractivity contribution in [2.45, 2.75) is 13.5 Å². The second-order valence-electron chi connectivity index (χ2n) is 3.71. The van der Waals surface area contributed by atoms with Crippen LogP contribution in [-0.2, 0) is 6.54 Å². The van der Waals surface area contributed by atoms with Crippen molar-refractivity contribution in [1.82, 2.24) is 10.5 Å². The lowest BCUT2D eigenvalue weighted by atomic mass is 10.2. The maximum atomic E-state index is 13.6. The SMILES string of the molecule is Cc1cc(CNC(=O)c2cccc(Br)c2F)no1. The lowest BCUT2D eigenvalue weighted by Gasteiger charge is -2.05. The Morgan fingerprint density at radius 1 is 1.56 bits per heavy atom. The summed E-state index contributed by atoms with van der Waals surface area (Å²) < 4.78 is 18.8. The van der Waals surface area contributed by atoms with Crippen LogP contribution in [0.3, 0.4) is 0 Å². The van der Waals surface area contributed by atoms with E-state index in [1.54, 1.807) is 19.1 Å². The topological polar surface area (TPSA) is 55.1 Å². The predicted molar refractivity (Wildman–Crippen MR) is 66.5 cm³/mol. The van der Waals surface area contributed by atoms with Crippen molar-refractivity contribution in [2.75, 3.05) is 0 Å². The summed E-state index contributed by atoms with van der Waals surface area (Å²) in [6.07, 6.45) is 0. The number of carbonyl (C=O) groups is 1. The molecule has 1 heterocycles. The lowest BCUT2D eigenvalue weighted by Crippen LogP contribution is -2.24. The van der Waals surface area contributed by atoms with Gasteiger partial charge in [-0.05, 0) is 35.0 Å². The van der Waals surface area contributed by atoms with Gasteiger partial charge in [0.1, 0.15) is 17.3 Å². The van der Waals surface area contributed by atoms with Gasteiger partial charge in [-0.1, -0.05) is 11.2 Å². The van der Waals surface area contributed by atoms with Crippen molar-refractivity contribution in [1.29, 1.82) is 0 Å². The number of hydrogen-bond acceptors (Lipinski definition) is 3. The fourth-order valence-electron chi connectivity index (χ4n) is 1.45. The van der Waals surface area contributed by atoms with E-state index >= 15 is 0 Å². The standard InChI is InChI=1S/C12H10BrFN2O2/c1-7-5-8(16-18-7)6-15-12(17)9-3-2-4-10(13)11(9)14/h2-5H,6H2,1H3,(H,15,17). The summed E-state index contributed by atoms with van der Waals surface area (Å²) in [5.41, 5.74) is 0.584. The normalized spacial score (nSPS) is 10.4. The van der Waals surface area contributed by atoms with Crippen molar-refractivity contribution in [3.8, 4) is 0 Å². The molecule has 0 aliphatic rings. The first kappa shape index (κ1) is 12.8. The van der Waals surface area contributed by atoms with Crippen LogP contribution in [0, 0.1) is 12.7 Å². The highest BCUT2D eigenvalue weighted by atomic mass is 79.9. The van der Waals surface area contributed by atoms with E-state index < -0.39 is 11.7 Å². The number of halogens is 2. The predicted octanol–water partition coefficient (Wildman–Crippen LogP) is 2.81. The van der Waals surface area contributed by atoms with Crippen LogP contribution in [0.2, 0.25) is 0 Å². The van der Waals surface area contributed by atoms with Crippen LogP contribution in [0.25, 0.3) is 0 Å². The average Bonchev–Trinajstić information content (AvgIpc) is 2.76. The van der Waals surface area contributed by atoms with Crippen molar-refractivity contribution in [2.24, 2.45) is 0 Å². The number of nitrogens with one attached hydrogen (secondary N) is 1. The molecule has 2 rings (SSSR count). The summed E-state index contributed by atoms with van der Waals surface area (Å²) in [6.45, 7) is 1.95. The quantitative estimate of drug-likeness (QED) is 0.948. The highest BCUT2D eigenvalue weighted by Crippen LogP contribution is 2.18. The molecule has 0 aliphatic heterocycles. The van der Waals surface area contributed by atoms with Gasteiger partial charge in [0.25, 0.3) is 5.91 Å². The van der Waals surface area contributed by atoms with E-state index in [0.717, 1.165) is 0 Å². The number of benzene rings is 1. The van der Waals surface area contributed by atoms with Crippen molar-refractivity contribution in [3.63, 3.8) is 0 Å². The number of nitrogens with zero attached hydrogens (tertiary/aromatic N) is 1. The Morgan fingerprint density at radius 3 is 3.00 bits per heavy atom. The minimum Gasteiger partial charge on any atom is -0.361 e. The molecule has 94 valence electrons. The van der Waals surface area contributed by atoms with E-state index in [9.17, 15) is 9.18 Å². The summed E-state index contributed by atoms with van der Waals surface area (Å²) in [7, 11) is 0. The van der Waals surface area contributed by atoms with E-state index in [2.05, 4.69) is 26.4 Å². The average molecular weight is 313 g/mol. The molecule has 18 heavy (non-hydrogen) atoms. The number of carbonyl (C=O) groups excluding carboxylic acids is 1. The van der Waals surface area contributed by atoms with E-state index in [0.29, 0.717) is 11.5 Å². The third kappa shape index (κ3) is 2.76. The molecule has 0 saturated heterocycles. The molecule has 1 aromatic heterocycles. The second kappa shape index (κ2) is 5.30. The minimum absolute atomic E-state index is 0.00964. The summed E-state index contributed by atoms with van der Waals surface area (Å²) in [6, 6.07) is 6.26. The summed E-state index contributed by atoms with van der Waals surface area (Å²) in [5.74, 6) is -0.409. The molecule has 0 radical (unpaired) electrons. The van der Waals surface area contributed by atoms with E-state index in [1.807, 2.05) is 0 Å². The number of hydrogen-bond donors (Lipinski definition) is 1. The molecule has 0 bridgehead atoms. The highest BCUT2D eigenvalue weighted by molar-refractivity contribution is 9.10. The van der Waals surface area contributed by atoms with E-state index in [4.69, 9.17) is 4.52 Å². The van der Waals surface area contributed by atoms with Gasteiger partial charge in [-0.3, -0.25) is 4.79 Å². The van der Waals surface area contributed by atoms with Gasteiger partial charge in [0.2, 0.25) is 0 Å². The van der Waals surface area contributed by atoms with Crippen LogP contribution < -0.4 is 5.32 Å². The van der Waals surface area contributed by atoms with Crippen LogP contribution >= 0.6 is 15.9 Å². The summed E-state index contributed by atoms with van der Waals surface area (Å²) in [5, 5.41) is 6.30. The Hall–Kier alpha value is -1.69. The van der Waals surface area contributed by atoms with Crippen molar-refractivity contribution < 1.29 is 13.7 Å². The molecule has 0 aliphatic carbocycles. The zero-order chi connectivity index (χ0) is 13.1. The molecule has 1 amide bonds. The summed E-state index contributed by atoms with van der Waals surface area (Å²) >= 11 is 3.03. The van der Waals surface area contributed by atoms with Crippen LogP contribution in [-0.4, -0.2) is 11.1 Å². The smallest absolute Gasteiger partial charge is 0.254 e. The molecule has 0 spiro atoms. The number of aromatic nitrogens is 1. The zero-order valence-corrected chi connectivity index (χ0v) is 11.1. The van der Waals surface area contributed by atoms with Crippen molar-refractivity contribution >= 4 is 21.8 Å². The molecule has 2 aromatic rings. The van der Waals surface area contributed by atoms with Crippen LogP contribution in [0.15, 0.2) is 33.3 Å². The first-order valence-corrected chi connectivity index (χ1v) is 6.01. The van der Waals surface area contributed by atoms with E-state index in [-0.39, 0.29) is 16.6 Å². The first-order chi connectivity index (χ1) is 8.58. The first-order valence-electron chi connectivity index (χ1n) is 5.22. The molecule has 0 unspecified atom stereocenters. The number of amides is 1. The van der Waals surface area contributed by atoms with Crippen LogP contribution in [0.5, 0.6) is 0 Å². The Morgan fingerprint density at radius 2 is 2.33 bits per heavy atom. The molecule has 0 atom stereocenters. The third-order valence-corrected chi connectivity index (χ3v) is 2.92. The van der Waals surface area contributed by atoms with Crippen LogP contribution in [0.1, 0.15) is 21.8 Å². The molecule has 0 fully saturated rings. The maximum absolute atomic E-state index is 13.6. The number of rotatable bonds is 3. The Bertz CT molecular complexity index is 583. The highest BCUT2D eigenvalue weighted by Gasteiger charge is 2.13. The van der Waals surface area contributed by atoms with Gasteiger partial charge in [-0.2, -0.15) is 0 Å². The molecule has 1 N–H and O–H groups in total. The summed E-state index contributed by atoms with van der Waals surface area (Å²) in [4.78, 5) is 11.8. The molecule has 1 aromatic carbocycles. The molecule has 6 heteroatoms. The van der Waals surface area contributed by atoms with Crippen molar-refractivity contribution in [3.05, 3.63) is 51.6 Å². The maximum Gasteiger partial charge on any atom is 0.254 e. The Kier molecular flexibility index (Phi) is 3.76. The van der Waals surface area contributed by atoms with Gasteiger partial charge in [-0.25, -0.2) is 4.39 Å².